The third-order valence-corrected chi connectivity index (χ3v) is 3.55. The van der Waals surface area contributed by atoms with Crippen LogP contribution in [0, 0.1) is 0 Å². The molecule has 0 fully saturated rings. The van der Waals surface area contributed by atoms with Crippen LogP contribution < -0.4 is 0 Å². The minimum absolute atomic E-state index is 0.0186. The van der Waals surface area contributed by atoms with Crippen LogP contribution in [0.25, 0.3) is 11.0 Å². The van der Waals surface area contributed by atoms with Gasteiger partial charge in [0.15, 0.2) is 12.4 Å². The topological polar surface area (TPSA) is 92.3 Å². The van der Waals surface area contributed by atoms with Crippen LogP contribution in [0.4, 0.5) is 0 Å². The molecule has 24 heavy (non-hydrogen) atoms. The van der Waals surface area contributed by atoms with E-state index in [4.69, 9.17) is 13.9 Å². The first-order chi connectivity index (χ1) is 11.7. The zero-order chi connectivity index (χ0) is 16.9. The summed E-state index contributed by atoms with van der Waals surface area (Å²) in [4.78, 5) is 12.4. The molecule has 0 saturated carbocycles. The van der Waals surface area contributed by atoms with Gasteiger partial charge in [-0.05, 0) is 22.9 Å². The molecule has 3 aromatic rings. The molecule has 0 aliphatic rings. The van der Waals surface area contributed by atoms with E-state index in [2.05, 4.69) is 15.5 Å². The average Bonchev–Trinajstić information content (AvgIpc) is 3.18. The van der Waals surface area contributed by atoms with E-state index in [0.717, 1.165) is 11.8 Å². The molecule has 2 aromatic heterocycles. The monoisotopic (exact) mass is 330 g/mol. The Labute approximate surface area is 138 Å². The second kappa shape index (κ2) is 7.22. The molecular formula is C16H18N4O4. The molecule has 0 bridgehead atoms. The number of fused-ring (bicyclic) bond motifs is 1. The average molecular weight is 330 g/mol. The molecule has 1 aromatic carbocycles. The standard InChI is InChI=1S/C16H18N4O4/c1-3-8-20-14(17-18-19-20)10-23-16(21)15-12(9-22-2)11-6-4-5-7-13(11)24-15/h4-7H,3,8-10H2,1-2H3. The highest BCUT2D eigenvalue weighted by atomic mass is 16.5. The number of aromatic nitrogens is 4. The fourth-order valence-corrected chi connectivity index (χ4v) is 2.46. The van der Waals surface area contributed by atoms with Gasteiger partial charge in [-0.2, -0.15) is 0 Å². The molecule has 0 aliphatic carbocycles. The molecule has 3 rings (SSSR count). The fourth-order valence-electron chi connectivity index (χ4n) is 2.46. The predicted octanol–water partition coefficient (Wildman–Crippen LogP) is 2.33. The van der Waals surface area contributed by atoms with Gasteiger partial charge in [0.25, 0.3) is 0 Å². The lowest BCUT2D eigenvalue weighted by molar-refractivity contribution is 0.0416. The Morgan fingerprint density at radius 3 is 2.92 bits per heavy atom. The molecule has 0 atom stereocenters. The zero-order valence-electron chi connectivity index (χ0n) is 13.6. The zero-order valence-corrected chi connectivity index (χ0v) is 13.6. The smallest absolute Gasteiger partial charge is 0.375 e. The second-order valence-corrected chi connectivity index (χ2v) is 5.23. The highest BCUT2D eigenvalue weighted by Crippen LogP contribution is 2.27. The van der Waals surface area contributed by atoms with E-state index in [0.29, 0.717) is 23.5 Å². The maximum atomic E-state index is 12.4. The van der Waals surface area contributed by atoms with Crippen LogP contribution in [0.2, 0.25) is 0 Å². The van der Waals surface area contributed by atoms with Gasteiger partial charge in [-0.3, -0.25) is 0 Å². The normalized spacial score (nSPS) is 11.1. The predicted molar refractivity (Wildman–Crippen MR) is 84.2 cm³/mol. The van der Waals surface area contributed by atoms with Crippen LogP contribution in [-0.4, -0.2) is 33.3 Å². The molecule has 0 N–H and O–H groups in total. The van der Waals surface area contributed by atoms with Crippen LogP contribution >= 0.6 is 0 Å². The van der Waals surface area contributed by atoms with Gasteiger partial charge in [0.1, 0.15) is 5.58 Å². The lowest BCUT2D eigenvalue weighted by Gasteiger charge is -2.05. The summed E-state index contributed by atoms with van der Waals surface area (Å²) in [6.07, 6.45) is 0.882. The van der Waals surface area contributed by atoms with Crippen LogP contribution in [0.15, 0.2) is 28.7 Å². The maximum absolute atomic E-state index is 12.4. The van der Waals surface area contributed by atoms with Crippen molar-refractivity contribution in [2.45, 2.75) is 33.1 Å². The number of tetrazole rings is 1. The summed E-state index contributed by atoms with van der Waals surface area (Å²) in [5, 5.41) is 12.2. The summed E-state index contributed by atoms with van der Waals surface area (Å²) in [7, 11) is 1.57. The Hall–Kier alpha value is -2.74. The highest BCUT2D eigenvalue weighted by molar-refractivity contribution is 5.96. The van der Waals surface area contributed by atoms with Gasteiger partial charge in [-0.25, -0.2) is 9.48 Å². The molecule has 2 heterocycles. The van der Waals surface area contributed by atoms with Crippen molar-refractivity contribution in [1.29, 1.82) is 0 Å². The third-order valence-electron chi connectivity index (χ3n) is 3.55. The number of carbonyl (C=O) groups is 1. The molecule has 0 amide bonds. The van der Waals surface area contributed by atoms with Crippen LogP contribution in [0.5, 0.6) is 0 Å². The van der Waals surface area contributed by atoms with Crippen molar-refractivity contribution in [2.24, 2.45) is 0 Å². The molecular weight excluding hydrogens is 312 g/mol. The van der Waals surface area contributed by atoms with E-state index in [-0.39, 0.29) is 19.0 Å². The summed E-state index contributed by atoms with van der Waals surface area (Å²) >= 11 is 0. The lowest BCUT2D eigenvalue weighted by atomic mass is 10.1. The molecule has 8 nitrogen and oxygen atoms in total. The SMILES string of the molecule is CCCn1nnnc1COC(=O)c1oc2ccccc2c1COC. The van der Waals surface area contributed by atoms with Crippen molar-refractivity contribution in [3.8, 4) is 0 Å². The van der Waals surface area contributed by atoms with Crippen molar-refractivity contribution in [3.05, 3.63) is 41.4 Å². The fraction of sp³-hybridized carbons (Fsp3) is 0.375. The van der Waals surface area contributed by atoms with Gasteiger partial charge in [-0.1, -0.05) is 25.1 Å². The summed E-state index contributed by atoms with van der Waals surface area (Å²) in [6, 6.07) is 7.40. The molecule has 8 heteroatoms. The van der Waals surface area contributed by atoms with E-state index >= 15 is 0 Å². The number of nitrogens with zero attached hydrogens (tertiary/aromatic N) is 4. The van der Waals surface area contributed by atoms with Crippen LogP contribution in [0.1, 0.15) is 35.3 Å². The number of ether oxygens (including phenoxy) is 2. The summed E-state index contributed by atoms with van der Waals surface area (Å²) in [5.41, 5.74) is 1.29. The second-order valence-electron chi connectivity index (χ2n) is 5.23. The largest absolute Gasteiger partial charge is 0.452 e. The minimum atomic E-state index is -0.565. The van der Waals surface area contributed by atoms with Crippen LogP contribution in [-0.2, 0) is 29.2 Å². The third kappa shape index (κ3) is 3.13. The number of aryl methyl sites for hydroxylation is 1. The van der Waals surface area contributed by atoms with E-state index in [1.165, 1.54) is 0 Å². The number of rotatable bonds is 7. The van der Waals surface area contributed by atoms with Gasteiger partial charge in [0, 0.05) is 24.6 Å². The van der Waals surface area contributed by atoms with Gasteiger partial charge >= 0.3 is 5.97 Å². The molecule has 126 valence electrons. The number of esters is 1. The Kier molecular flexibility index (Phi) is 4.85. The van der Waals surface area contributed by atoms with Crippen molar-refractivity contribution >= 4 is 16.9 Å². The van der Waals surface area contributed by atoms with E-state index in [1.54, 1.807) is 17.9 Å². The van der Waals surface area contributed by atoms with Gasteiger partial charge < -0.3 is 13.9 Å². The summed E-state index contributed by atoms with van der Waals surface area (Å²) in [5.74, 6) is 0.0754. The van der Waals surface area contributed by atoms with Crippen molar-refractivity contribution in [3.63, 3.8) is 0 Å². The number of hydrogen-bond acceptors (Lipinski definition) is 7. The number of benzene rings is 1. The number of methoxy groups -OCH3 is 1. The molecule has 0 aliphatic heterocycles. The van der Waals surface area contributed by atoms with E-state index < -0.39 is 5.97 Å². The van der Waals surface area contributed by atoms with Crippen molar-refractivity contribution in [1.82, 2.24) is 20.2 Å². The van der Waals surface area contributed by atoms with E-state index in [1.807, 2.05) is 25.1 Å². The van der Waals surface area contributed by atoms with Crippen molar-refractivity contribution < 1.29 is 18.7 Å². The maximum Gasteiger partial charge on any atom is 0.375 e. The van der Waals surface area contributed by atoms with Gasteiger partial charge in [-0.15, -0.1) is 5.10 Å². The molecule has 0 radical (unpaired) electrons. The highest BCUT2D eigenvalue weighted by Gasteiger charge is 2.22. The minimum Gasteiger partial charge on any atom is -0.452 e. The summed E-state index contributed by atoms with van der Waals surface area (Å²) in [6.45, 7) is 2.92. The van der Waals surface area contributed by atoms with Crippen LogP contribution in [0.3, 0.4) is 0 Å². The number of furan rings is 1. The Balaban J connectivity index is 1.80. The molecule has 0 spiro atoms. The Morgan fingerprint density at radius 1 is 1.29 bits per heavy atom. The Bertz CT molecular complexity index is 840. The Morgan fingerprint density at radius 2 is 2.12 bits per heavy atom. The molecule has 0 saturated heterocycles. The number of hydrogen-bond donors (Lipinski definition) is 0. The van der Waals surface area contributed by atoms with Crippen molar-refractivity contribution in [2.75, 3.05) is 7.11 Å². The first kappa shape index (κ1) is 16.1. The quantitative estimate of drug-likeness (QED) is 0.614. The molecule has 0 unspecified atom stereocenters. The number of carbonyl (C=O) groups excluding carboxylic acids is 1. The van der Waals surface area contributed by atoms with Gasteiger partial charge in [0.05, 0.1) is 6.61 Å². The van der Waals surface area contributed by atoms with Gasteiger partial charge in [0.2, 0.25) is 5.76 Å². The van der Waals surface area contributed by atoms with E-state index in [9.17, 15) is 4.79 Å². The summed E-state index contributed by atoms with van der Waals surface area (Å²) < 4.78 is 17.8. The first-order valence-corrected chi connectivity index (χ1v) is 7.66. The number of para-hydroxylation sites is 1. The first-order valence-electron chi connectivity index (χ1n) is 7.66. The lowest BCUT2D eigenvalue weighted by Crippen LogP contribution is -2.11.